The minimum atomic E-state index is -0.0945. The first-order chi connectivity index (χ1) is 9.20. The number of amides is 1. The Bertz CT molecular complexity index is 451. The summed E-state index contributed by atoms with van der Waals surface area (Å²) in [7, 11) is 0. The molecule has 1 saturated heterocycles. The first-order valence-corrected chi connectivity index (χ1v) is 7.28. The van der Waals surface area contributed by atoms with Crippen LogP contribution in [-0.2, 0) is 11.2 Å². The van der Waals surface area contributed by atoms with Crippen LogP contribution >= 0.6 is 12.4 Å². The molecule has 3 rings (SSSR count). The highest BCUT2D eigenvalue weighted by molar-refractivity contribution is 5.86. The highest BCUT2D eigenvalue weighted by atomic mass is 35.5. The molecule has 0 atom stereocenters. The summed E-state index contributed by atoms with van der Waals surface area (Å²) in [5.74, 6) is 0.364. The number of carbonyl (C=O) groups is 1. The summed E-state index contributed by atoms with van der Waals surface area (Å²) in [6.45, 7) is 1.69. The van der Waals surface area contributed by atoms with Gasteiger partial charge in [0.1, 0.15) is 0 Å². The molecule has 1 aromatic carbocycles. The molecule has 2 fully saturated rings. The number of rotatable bonds is 3. The lowest BCUT2D eigenvalue weighted by molar-refractivity contribution is -0.138. The van der Waals surface area contributed by atoms with E-state index in [1.165, 1.54) is 5.56 Å². The van der Waals surface area contributed by atoms with E-state index in [1.807, 2.05) is 11.0 Å². The third-order valence-corrected chi connectivity index (χ3v) is 4.52. The molecule has 3 nitrogen and oxygen atoms in total. The quantitative estimate of drug-likeness (QED) is 0.930. The molecule has 2 N–H and O–H groups in total. The SMILES string of the molecule is Cl.NC1CCN(C(=O)C2(Cc3ccccc3)CC2)CC1. The highest BCUT2D eigenvalue weighted by Gasteiger charge is 2.51. The Morgan fingerprint density at radius 3 is 2.35 bits per heavy atom. The third kappa shape index (κ3) is 3.15. The standard InChI is InChI=1S/C16H22N2O.ClH/c17-14-6-10-18(11-7-14)15(19)16(8-9-16)12-13-4-2-1-3-5-13;/h1-5,14H,6-12,17H2;1H. The molecule has 0 bridgehead atoms. The molecule has 2 aliphatic rings. The number of likely N-dealkylation sites (tertiary alicyclic amines) is 1. The highest BCUT2D eigenvalue weighted by Crippen LogP contribution is 2.50. The van der Waals surface area contributed by atoms with Gasteiger partial charge in [0.2, 0.25) is 5.91 Å². The van der Waals surface area contributed by atoms with Crippen LogP contribution in [0.2, 0.25) is 0 Å². The summed E-state index contributed by atoms with van der Waals surface area (Å²) >= 11 is 0. The van der Waals surface area contributed by atoms with E-state index in [-0.39, 0.29) is 23.9 Å². The first kappa shape index (κ1) is 15.3. The summed E-state index contributed by atoms with van der Waals surface area (Å²) < 4.78 is 0. The van der Waals surface area contributed by atoms with Crippen molar-refractivity contribution in [2.45, 2.75) is 38.1 Å². The van der Waals surface area contributed by atoms with Crippen LogP contribution in [0.5, 0.6) is 0 Å². The predicted molar refractivity (Wildman–Crippen MR) is 82.9 cm³/mol. The lowest BCUT2D eigenvalue weighted by Gasteiger charge is -2.33. The van der Waals surface area contributed by atoms with Gasteiger partial charge in [-0.3, -0.25) is 4.79 Å². The first-order valence-electron chi connectivity index (χ1n) is 7.28. The smallest absolute Gasteiger partial charge is 0.229 e. The van der Waals surface area contributed by atoms with Crippen LogP contribution in [0, 0.1) is 5.41 Å². The van der Waals surface area contributed by atoms with E-state index in [0.717, 1.165) is 45.2 Å². The van der Waals surface area contributed by atoms with E-state index in [0.29, 0.717) is 5.91 Å². The van der Waals surface area contributed by atoms with Gasteiger partial charge in [0, 0.05) is 19.1 Å². The molecule has 1 amide bonds. The summed E-state index contributed by atoms with van der Waals surface area (Å²) in [4.78, 5) is 14.7. The second-order valence-electron chi connectivity index (χ2n) is 6.07. The van der Waals surface area contributed by atoms with Gasteiger partial charge in [0.05, 0.1) is 5.41 Å². The maximum atomic E-state index is 12.7. The minimum Gasteiger partial charge on any atom is -0.342 e. The van der Waals surface area contributed by atoms with Gasteiger partial charge >= 0.3 is 0 Å². The fourth-order valence-corrected chi connectivity index (χ4v) is 3.04. The van der Waals surface area contributed by atoms with E-state index in [2.05, 4.69) is 24.3 Å². The Morgan fingerprint density at radius 1 is 1.20 bits per heavy atom. The zero-order chi connectivity index (χ0) is 13.3. The van der Waals surface area contributed by atoms with Crippen molar-refractivity contribution in [1.29, 1.82) is 0 Å². The normalized spacial score (nSPS) is 21.1. The van der Waals surface area contributed by atoms with Crippen LogP contribution in [0.1, 0.15) is 31.2 Å². The molecule has 0 unspecified atom stereocenters. The molecule has 0 radical (unpaired) electrons. The summed E-state index contributed by atoms with van der Waals surface area (Å²) in [6.07, 6.45) is 4.89. The van der Waals surface area contributed by atoms with E-state index < -0.39 is 0 Å². The van der Waals surface area contributed by atoms with Crippen molar-refractivity contribution in [2.24, 2.45) is 11.1 Å². The number of hydrogen-bond acceptors (Lipinski definition) is 2. The Kier molecular flexibility index (Phi) is 4.71. The lowest BCUT2D eigenvalue weighted by atomic mass is 9.93. The summed E-state index contributed by atoms with van der Waals surface area (Å²) in [5, 5.41) is 0. The van der Waals surface area contributed by atoms with Crippen LogP contribution in [0.15, 0.2) is 30.3 Å². The lowest BCUT2D eigenvalue weighted by Crippen LogP contribution is -2.46. The number of piperidine rings is 1. The number of benzene rings is 1. The molecule has 1 aliphatic carbocycles. The van der Waals surface area contributed by atoms with E-state index in [9.17, 15) is 4.79 Å². The van der Waals surface area contributed by atoms with Crippen molar-refractivity contribution in [2.75, 3.05) is 13.1 Å². The minimum absolute atomic E-state index is 0. The number of nitrogens with zero attached hydrogens (tertiary/aromatic N) is 1. The average Bonchev–Trinajstić information content (AvgIpc) is 3.21. The molecule has 0 spiro atoms. The fraction of sp³-hybridized carbons (Fsp3) is 0.562. The molecule has 0 aromatic heterocycles. The van der Waals surface area contributed by atoms with Crippen LogP contribution in [0.3, 0.4) is 0 Å². The maximum Gasteiger partial charge on any atom is 0.229 e. The maximum absolute atomic E-state index is 12.7. The fourth-order valence-electron chi connectivity index (χ4n) is 3.04. The number of halogens is 1. The molecular weight excluding hydrogens is 272 g/mol. The zero-order valence-corrected chi connectivity index (χ0v) is 12.6. The monoisotopic (exact) mass is 294 g/mol. The molecule has 1 saturated carbocycles. The topological polar surface area (TPSA) is 46.3 Å². The van der Waals surface area contributed by atoms with Crippen molar-refractivity contribution < 1.29 is 4.79 Å². The van der Waals surface area contributed by atoms with Crippen molar-refractivity contribution in [1.82, 2.24) is 4.90 Å². The van der Waals surface area contributed by atoms with Gasteiger partial charge < -0.3 is 10.6 Å². The van der Waals surface area contributed by atoms with Gasteiger partial charge in [-0.25, -0.2) is 0 Å². The van der Waals surface area contributed by atoms with Crippen molar-refractivity contribution in [3.8, 4) is 0 Å². The largest absolute Gasteiger partial charge is 0.342 e. The van der Waals surface area contributed by atoms with Crippen LogP contribution in [0.25, 0.3) is 0 Å². The molecule has 1 aromatic rings. The number of carbonyl (C=O) groups excluding carboxylic acids is 1. The number of nitrogens with two attached hydrogens (primary N) is 1. The van der Waals surface area contributed by atoms with Gasteiger partial charge in [0.15, 0.2) is 0 Å². The molecule has 110 valence electrons. The second kappa shape index (κ2) is 6.15. The van der Waals surface area contributed by atoms with Crippen molar-refractivity contribution in [3.05, 3.63) is 35.9 Å². The Hall–Kier alpha value is -1.06. The average molecular weight is 295 g/mol. The van der Waals surface area contributed by atoms with Gasteiger partial charge in [-0.15, -0.1) is 12.4 Å². The zero-order valence-electron chi connectivity index (χ0n) is 11.8. The van der Waals surface area contributed by atoms with Gasteiger partial charge in [-0.05, 0) is 37.7 Å². The summed E-state index contributed by atoms with van der Waals surface area (Å²) in [6, 6.07) is 10.7. The molecule has 1 aliphatic heterocycles. The van der Waals surface area contributed by atoms with Crippen molar-refractivity contribution >= 4 is 18.3 Å². The van der Waals surface area contributed by atoms with Gasteiger partial charge in [0.25, 0.3) is 0 Å². The van der Waals surface area contributed by atoms with Gasteiger partial charge in [-0.2, -0.15) is 0 Å². The molecule has 4 heteroatoms. The second-order valence-corrected chi connectivity index (χ2v) is 6.07. The van der Waals surface area contributed by atoms with Gasteiger partial charge in [-0.1, -0.05) is 30.3 Å². The van der Waals surface area contributed by atoms with E-state index >= 15 is 0 Å². The number of hydrogen-bond donors (Lipinski definition) is 1. The summed E-state index contributed by atoms with van der Waals surface area (Å²) in [5.41, 5.74) is 7.09. The Morgan fingerprint density at radius 2 is 1.80 bits per heavy atom. The Balaban J connectivity index is 0.00000147. The molecule has 1 heterocycles. The van der Waals surface area contributed by atoms with E-state index in [1.54, 1.807) is 0 Å². The van der Waals surface area contributed by atoms with Crippen LogP contribution in [-0.4, -0.2) is 29.9 Å². The van der Waals surface area contributed by atoms with Crippen LogP contribution in [0.4, 0.5) is 0 Å². The van der Waals surface area contributed by atoms with E-state index in [4.69, 9.17) is 5.73 Å². The predicted octanol–water partition coefficient (Wildman–Crippen LogP) is 2.38. The molecule has 20 heavy (non-hydrogen) atoms. The Labute approximate surface area is 126 Å². The van der Waals surface area contributed by atoms with Crippen molar-refractivity contribution in [3.63, 3.8) is 0 Å². The van der Waals surface area contributed by atoms with Crippen LogP contribution < -0.4 is 5.73 Å². The third-order valence-electron chi connectivity index (χ3n) is 4.52. The molecular formula is C16H23ClN2O.